The Morgan fingerprint density at radius 3 is 2.19 bits per heavy atom. The second-order valence-electron chi connectivity index (χ2n) is 10.5. The van der Waals surface area contributed by atoms with Crippen molar-refractivity contribution >= 4 is 29.2 Å². The minimum atomic E-state index is -0.464. The van der Waals surface area contributed by atoms with E-state index in [9.17, 15) is 14.4 Å². The van der Waals surface area contributed by atoms with E-state index in [1.807, 2.05) is 39.0 Å². The van der Waals surface area contributed by atoms with Crippen LogP contribution in [0.25, 0.3) is 0 Å². The minimum absolute atomic E-state index is 0.109. The normalized spacial score (nSPS) is 14.1. The Morgan fingerprint density at radius 1 is 0.973 bits per heavy atom. The zero-order chi connectivity index (χ0) is 26.8. The molecule has 1 saturated heterocycles. The number of hydrogen-bond acceptors (Lipinski definition) is 5. The molecule has 0 saturated carbocycles. The molecule has 0 aromatic heterocycles. The monoisotopic (exact) mass is 509 g/mol. The van der Waals surface area contributed by atoms with Gasteiger partial charge in [-0.3, -0.25) is 14.5 Å². The SMILES string of the molecule is CC(C)(C)CC(=O)Nc1ccccc1NC(=O)c1ccc(CN(CCCN2CCOCC2)C(N)=O)cc1. The molecule has 2 aromatic carbocycles. The van der Waals surface area contributed by atoms with E-state index >= 15 is 0 Å². The number of morpholine rings is 1. The molecular formula is C28H39N5O4. The van der Waals surface area contributed by atoms with Crippen LogP contribution >= 0.6 is 0 Å². The Bertz CT molecular complexity index is 1060. The van der Waals surface area contributed by atoms with Gasteiger partial charge in [-0.15, -0.1) is 0 Å². The van der Waals surface area contributed by atoms with Gasteiger partial charge in [0, 0.05) is 44.7 Å². The van der Waals surface area contributed by atoms with E-state index in [1.165, 1.54) is 0 Å². The Kier molecular flexibility index (Phi) is 10.0. The summed E-state index contributed by atoms with van der Waals surface area (Å²) in [6, 6.07) is 13.7. The number of nitrogens with two attached hydrogens (primary N) is 1. The third kappa shape index (κ3) is 9.51. The van der Waals surface area contributed by atoms with E-state index in [1.54, 1.807) is 35.2 Å². The van der Waals surface area contributed by atoms with Crippen molar-refractivity contribution in [2.45, 2.75) is 40.2 Å². The molecule has 9 heteroatoms. The summed E-state index contributed by atoms with van der Waals surface area (Å²) in [4.78, 5) is 41.2. The number of urea groups is 1. The second-order valence-corrected chi connectivity index (χ2v) is 10.5. The van der Waals surface area contributed by atoms with E-state index in [2.05, 4.69) is 15.5 Å². The predicted molar refractivity (Wildman–Crippen MR) is 145 cm³/mol. The molecule has 0 unspecified atom stereocenters. The van der Waals surface area contributed by atoms with Gasteiger partial charge in [-0.2, -0.15) is 0 Å². The number of ether oxygens (including phenoxy) is 1. The van der Waals surface area contributed by atoms with E-state index < -0.39 is 6.03 Å². The summed E-state index contributed by atoms with van der Waals surface area (Å²) in [7, 11) is 0. The summed E-state index contributed by atoms with van der Waals surface area (Å²) in [5.74, 6) is -0.399. The number of rotatable bonds is 10. The molecule has 1 fully saturated rings. The largest absolute Gasteiger partial charge is 0.379 e. The van der Waals surface area contributed by atoms with Crippen LogP contribution in [0.1, 0.15) is 49.5 Å². The number of benzene rings is 2. The number of primary amides is 1. The summed E-state index contributed by atoms with van der Waals surface area (Å²) < 4.78 is 5.37. The molecule has 0 bridgehead atoms. The number of nitrogens with one attached hydrogen (secondary N) is 2. The van der Waals surface area contributed by atoms with Gasteiger partial charge in [0.25, 0.3) is 5.91 Å². The summed E-state index contributed by atoms with van der Waals surface area (Å²) in [5.41, 5.74) is 7.90. The smallest absolute Gasteiger partial charge is 0.315 e. The van der Waals surface area contributed by atoms with Crippen molar-refractivity contribution in [3.05, 3.63) is 59.7 Å². The van der Waals surface area contributed by atoms with Crippen LogP contribution in [0, 0.1) is 5.41 Å². The first-order chi connectivity index (χ1) is 17.6. The van der Waals surface area contributed by atoms with Gasteiger partial charge in [0.15, 0.2) is 0 Å². The molecule has 1 aliphatic rings. The van der Waals surface area contributed by atoms with Crippen LogP contribution in [0.2, 0.25) is 0 Å². The Hall–Kier alpha value is -3.43. The molecule has 200 valence electrons. The number of nitrogens with zero attached hydrogens (tertiary/aromatic N) is 2. The highest BCUT2D eigenvalue weighted by molar-refractivity contribution is 6.07. The molecule has 37 heavy (non-hydrogen) atoms. The van der Waals surface area contributed by atoms with Crippen LogP contribution in [-0.2, 0) is 16.1 Å². The summed E-state index contributed by atoms with van der Waals surface area (Å²) in [6.07, 6.45) is 1.20. The third-order valence-corrected chi connectivity index (χ3v) is 6.05. The van der Waals surface area contributed by atoms with Gasteiger partial charge in [0.2, 0.25) is 5.91 Å². The molecule has 4 N–H and O–H groups in total. The molecular weight excluding hydrogens is 470 g/mol. The van der Waals surface area contributed by atoms with E-state index in [0.717, 1.165) is 44.8 Å². The lowest BCUT2D eigenvalue weighted by molar-refractivity contribution is -0.117. The van der Waals surface area contributed by atoms with Crippen molar-refractivity contribution in [1.82, 2.24) is 9.80 Å². The minimum Gasteiger partial charge on any atom is -0.379 e. The average molecular weight is 510 g/mol. The highest BCUT2D eigenvalue weighted by Crippen LogP contribution is 2.24. The van der Waals surface area contributed by atoms with E-state index in [0.29, 0.717) is 36.4 Å². The number of hydrogen-bond donors (Lipinski definition) is 3. The molecule has 1 aliphatic heterocycles. The molecule has 0 aliphatic carbocycles. The molecule has 1 heterocycles. The molecule has 0 atom stereocenters. The van der Waals surface area contributed by atoms with E-state index in [4.69, 9.17) is 10.5 Å². The summed E-state index contributed by atoms with van der Waals surface area (Å²) >= 11 is 0. The molecule has 2 aromatic rings. The molecule has 0 spiro atoms. The maximum absolute atomic E-state index is 12.9. The van der Waals surface area contributed by atoms with Gasteiger partial charge in [0.1, 0.15) is 0 Å². The van der Waals surface area contributed by atoms with Gasteiger partial charge in [-0.25, -0.2) is 4.79 Å². The fraction of sp³-hybridized carbons (Fsp3) is 0.464. The number of amides is 4. The first-order valence-electron chi connectivity index (χ1n) is 12.7. The fourth-order valence-corrected chi connectivity index (χ4v) is 4.13. The predicted octanol–water partition coefficient (Wildman–Crippen LogP) is 3.92. The lowest BCUT2D eigenvalue weighted by Gasteiger charge is -2.28. The standard InChI is InChI=1S/C28H39N5O4/c1-28(2,3)19-25(34)30-23-7-4-5-8-24(23)31-26(35)22-11-9-21(10-12-22)20-33(27(29)36)14-6-13-32-15-17-37-18-16-32/h4-5,7-12H,6,13-20H2,1-3H3,(H2,29,36)(H,30,34)(H,31,35). The highest BCUT2D eigenvalue weighted by atomic mass is 16.5. The third-order valence-electron chi connectivity index (χ3n) is 6.05. The van der Waals surface area contributed by atoms with E-state index in [-0.39, 0.29) is 17.2 Å². The van der Waals surface area contributed by atoms with Crippen molar-refractivity contribution in [1.29, 1.82) is 0 Å². The first kappa shape index (κ1) is 28.1. The lowest BCUT2D eigenvalue weighted by Crippen LogP contribution is -2.40. The topological polar surface area (TPSA) is 117 Å². The zero-order valence-corrected chi connectivity index (χ0v) is 22.1. The number of para-hydroxylation sites is 2. The van der Waals surface area contributed by atoms with Gasteiger partial charge in [-0.05, 0) is 41.7 Å². The van der Waals surface area contributed by atoms with Crippen molar-refractivity contribution in [3.63, 3.8) is 0 Å². The lowest BCUT2D eigenvalue weighted by atomic mass is 9.92. The van der Waals surface area contributed by atoms with Crippen LogP contribution < -0.4 is 16.4 Å². The van der Waals surface area contributed by atoms with Gasteiger partial charge >= 0.3 is 6.03 Å². The number of anilines is 2. The van der Waals surface area contributed by atoms with Crippen molar-refractivity contribution in [2.24, 2.45) is 11.1 Å². The first-order valence-corrected chi connectivity index (χ1v) is 12.7. The number of carbonyl (C=O) groups excluding carboxylic acids is 3. The quantitative estimate of drug-likeness (QED) is 0.449. The van der Waals surface area contributed by atoms with Crippen LogP contribution in [0.15, 0.2) is 48.5 Å². The van der Waals surface area contributed by atoms with Crippen molar-refractivity contribution in [3.8, 4) is 0 Å². The van der Waals surface area contributed by atoms with Crippen LogP contribution in [0.4, 0.5) is 16.2 Å². The zero-order valence-electron chi connectivity index (χ0n) is 22.1. The van der Waals surface area contributed by atoms with Crippen LogP contribution in [0.5, 0.6) is 0 Å². The molecule has 0 radical (unpaired) electrons. The maximum Gasteiger partial charge on any atom is 0.315 e. The highest BCUT2D eigenvalue weighted by Gasteiger charge is 2.18. The summed E-state index contributed by atoms with van der Waals surface area (Å²) in [5, 5.41) is 5.77. The summed E-state index contributed by atoms with van der Waals surface area (Å²) in [6.45, 7) is 11.1. The molecule has 9 nitrogen and oxygen atoms in total. The number of carbonyl (C=O) groups is 3. The van der Waals surface area contributed by atoms with Gasteiger partial charge in [0.05, 0.1) is 24.6 Å². The second kappa shape index (κ2) is 13.2. The van der Waals surface area contributed by atoms with Crippen LogP contribution in [0.3, 0.4) is 0 Å². The molecule has 3 rings (SSSR count). The van der Waals surface area contributed by atoms with Crippen molar-refractivity contribution in [2.75, 3.05) is 50.0 Å². The van der Waals surface area contributed by atoms with Crippen LogP contribution in [-0.4, -0.2) is 67.0 Å². The van der Waals surface area contributed by atoms with Gasteiger partial charge < -0.3 is 26.0 Å². The van der Waals surface area contributed by atoms with Crippen molar-refractivity contribution < 1.29 is 19.1 Å². The Morgan fingerprint density at radius 2 is 1.59 bits per heavy atom. The van der Waals surface area contributed by atoms with Gasteiger partial charge in [-0.1, -0.05) is 45.0 Å². The Balaban J connectivity index is 1.56. The average Bonchev–Trinajstić information content (AvgIpc) is 2.84. The molecule has 4 amide bonds. The fourth-order valence-electron chi connectivity index (χ4n) is 4.13. The maximum atomic E-state index is 12.9. The Labute approximate surface area is 219 Å².